The van der Waals surface area contributed by atoms with E-state index in [2.05, 4.69) is 18.8 Å². The molecule has 0 bridgehead atoms. The van der Waals surface area contributed by atoms with Crippen molar-refractivity contribution in [3.05, 3.63) is 41.0 Å². The normalized spacial score (nSPS) is 9.96. The second kappa shape index (κ2) is 13.6. The van der Waals surface area contributed by atoms with Gasteiger partial charge in [0.1, 0.15) is 5.57 Å². The Kier molecular flexibility index (Phi) is 11.4. The lowest BCUT2D eigenvalue weighted by Crippen LogP contribution is -2.10. The van der Waals surface area contributed by atoms with E-state index in [1.54, 1.807) is 18.2 Å². The van der Waals surface area contributed by atoms with Gasteiger partial charge in [0.25, 0.3) is 0 Å². The second-order valence-corrected chi connectivity index (χ2v) is 6.67. The van der Waals surface area contributed by atoms with Crippen molar-refractivity contribution >= 4 is 18.0 Å². The fourth-order valence-electron chi connectivity index (χ4n) is 2.78. The van der Waals surface area contributed by atoms with Crippen LogP contribution in [0.5, 0.6) is 0 Å². The van der Waals surface area contributed by atoms with Crippen molar-refractivity contribution in [3.8, 4) is 11.8 Å². The molecule has 2 N–H and O–H groups in total. The van der Waals surface area contributed by atoms with Crippen LogP contribution in [0.25, 0.3) is 6.08 Å². The Balaban J connectivity index is 2.39. The van der Waals surface area contributed by atoms with Crippen molar-refractivity contribution in [2.75, 3.05) is 0 Å². The average Bonchev–Trinajstić information content (AvgIpc) is 2.64. The molecule has 0 amide bonds. The van der Waals surface area contributed by atoms with E-state index >= 15 is 0 Å². The summed E-state index contributed by atoms with van der Waals surface area (Å²) in [7, 11) is 0. The summed E-state index contributed by atoms with van der Waals surface area (Å²) in [5.74, 6) is 3.30. The molecule has 0 aliphatic rings. The van der Waals surface area contributed by atoms with Gasteiger partial charge in [-0.2, -0.15) is 0 Å². The molecule has 0 fully saturated rings. The molecule has 0 unspecified atom stereocenters. The second-order valence-electron chi connectivity index (χ2n) is 6.67. The smallest absolute Gasteiger partial charge is 0.343 e. The first kappa shape index (κ1) is 22.5. The lowest BCUT2D eigenvalue weighted by Gasteiger charge is -2.00. The summed E-state index contributed by atoms with van der Waals surface area (Å²) in [6.07, 6.45) is 13.5. The molecule has 4 heteroatoms. The van der Waals surface area contributed by atoms with E-state index in [0.717, 1.165) is 24.5 Å². The van der Waals surface area contributed by atoms with Crippen molar-refractivity contribution in [2.45, 2.75) is 71.1 Å². The number of unbranched alkanes of at least 4 members (excludes halogenated alkanes) is 9. The van der Waals surface area contributed by atoms with Crippen LogP contribution < -0.4 is 0 Å². The molecule has 1 aromatic rings. The molecule has 0 saturated carbocycles. The molecule has 0 spiro atoms. The van der Waals surface area contributed by atoms with Crippen LogP contribution >= 0.6 is 0 Å². The third-order valence-corrected chi connectivity index (χ3v) is 4.30. The van der Waals surface area contributed by atoms with Gasteiger partial charge in [0.05, 0.1) is 0 Å². The zero-order valence-electron chi connectivity index (χ0n) is 16.2. The summed E-state index contributed by atoms with van der Waals surface area (Å²) in [4.78, 5) is 21.9. The van der Waals surface area contributed by atoms with Gasteiger partial charge in [-0.25, -0.2) is 9.59 Å². The maximum atomic E-state index is 10.9. The Bertz CT molecular complexity index is 676. The zero-order chi connectivity index (χ0) is 19.9. The van der Waals surface area contributed by atoms with Crippen LogP contribution in [0.4, 0.5) is 0 Å². The first-order valence-corrected chi connectivity index (χ1v) is 9.81. The maximum absolute atomic E-state index is 10.9. The van der Waals surface area contributed by atoms with Crippen LogP contribution in [0.2, 0.25) is 0 Å². The molecule has 0 radical (unpaired) electrons. The van der Waals surface area contributed by atoms with Gasteiger partial charge in [-0.15, -0.1) is 0 Å². The van der Waals surface area contributed by atoms with Crippen molar-refractivity contribution in [1.82, 2.24) is 0 Å². The molecular formula is C23H30O4. The predicted octanol–water partition coefficient (Wildman–Crippen LogP) is 5.51. The molecule has 1 rings (SSSR count). The number of aliphatic carboxylic acids is 2. The summed E-state index contributed by atoms with van der Waals surface area (Å²) in [6, 6.07) is 6.95. The lowest BCUT2D eigenvalue weighted by molar-refractivity contribution is -0.140. The molecule has 0 aliphatic carbocycles. The molecule has 27 heavy (non-hydrogen) atoms. The van der Waals surface area contributed by atoms with Crippen molar-refractivity contribution < 1.29 is 19.8 Å². The fraction of sp³-hybridized carbons (Fsp3) is 0.478. The van der Waals surface area contributed by atoms with Crippen LogP contribution in [0, 0.1) is 11.8 Å². The predicted molar refractivity (Wildman–Crippen MR) is 108 cm³/mol. The van der Waals surface area contributed by atoms with Gasteiger partial charge in [-0.3, -0.25) is 0 Å². The van der Waals surface area contributed by atoms with Gasteiger partial charge in [-0.1, -0.05) is 82.3 Å². The number of carboxylic acids is 2. The van der Waals surface area contributed by atoms with E-state index < -0.39 is 17.5 Å². The highest BCUT2D eigenvalue weighted by atomic mass is 16.4. The van der Waals surface area contributed by atoms with Crippen LogP contribution in [-0.2, 0) is 9.59 Å². The van der Waals surface area contributed by atoms with Crippen LogP contribution in [0.15, 0.2) is 29.8 Å². The molecular weight excluding hydrogens is 340 g/mol. The maximum Gasteiger partial charge on any atom is 0.343 e. The summed E-state index contributed by atoms with van der Waals surface area (Å²) in [6.45, 7) is 2.23. The van der Waals surface area contributed by atoms with Gasteiger partial charge >= 0.3 is 11.9 Å². The topological polar surface area (TPSA) is 74.6 Å². The number of benzene rings is 1. The number of carbonyl (C=O) groups is 2. The lowest BCUT2D eigenvalue weighted by atomic mass is 10.1. The third-order valence-electron chi connectivity index (χ3n) is 4.30. The highest BCUT2D eigenvalue weighted by Crippen LogP contribution is 2.12. The summed E-state index contributed by atoms with van der Waals surface area (Å²) in [5.41, 5.74) is 0.620. The van der Waals surface area contributed by atoms with Crippen LogP contribution in [0.3, 0.4) is 0 Å². The Labute approximate surface area is 162 Å². The SMILES string of the molecule is CCCCCCCCCCCC#Cc1cccc(C=C(C(=O)O)C(=O)O)c1. The molecule has 0 saturated heterocycles. The minimum Gasteiger partial charge on any atom is -0.477 e. The van der Waals surface area contributed by atoms with Gasteiger partial charge in [0.15, 0.2) is 0 Å². The number of hydrogen-bond acceptors (Lipinski definition) is 2. The first-order valence-electron chi connectivity index (χ1n) is 9.81. The minimum absolute atomic E-state index is 0.518. The fourth-order valence-corrected chi connectivity index (χ4v) is 2.78. The highest BCUT2D eigenvalue weighted by Gasteiger charge is 2.15. The van der Waals surface area contributed by atoms with Crippen molar-refractivity contribution in [1.29, 1.82) is 0 Å². The quantitative estimate of drug-likeness (QED) is 0.167. The Hall–Kier alpha value is -2.54. The van der Waals surface area contributed by atoms with Gasteiger partial charge in [0, 0.05) is 12.0 Å². The van der Waals surface area contributed by atoms with Gasteiger partial charge < -0.3 is 10.2 Å². The molecule has 0 heterocycles. The number of hydrogen-bond donors (Lipinski definition) is 2. The molecule has 0 aromatic heterocycles. The van der Waals surface area contributed by atoms with E-state index in [0.29, 0.717) is 5.56 Å². The highest BCUT2D eigenvalue weighted by molar-refractivity contribution is 6.16. The van der Waals surface area contributed by atoms with Crippen LogP contribution in [-0.4, -0.2) is 22.2 Å². The Morgan fingerprint density at radius 2 is 1.52 bits per heavy atom. The van der Waals surface area contributed by atoms with E-state index in [1.165, 1.54) is 51.4 Å². The molecule has 1 aromatic carbocycles. The minimum atomic E-state index is -1.45. The van der Waals surface area contributed by atoms with E-state index in [9.17, 15) is 9.59 Å². The summed E-state index contributed by atoms with van der Waals surface area (Å²) < 4.78 is 0. The molecule has 146 valence electrons. The summed E-state index contributed by atoms with van der Waals surface area (Å²) in [5, 5.41) is 17.8. The number of carboxylic acid groups (broad SMARTS) is 2. The monoisotopic (exact) mass is 370 g/mol. The zero-order valence-corrected chi connectivity index (χ0v) is 16.2. The first-order chi connectivity index (χ1) is 13.0. The Morgan fingerprint density at radius 3 is 2.11 bits per heavy atom. The molecule has 0 aliphatic heterocycles. The van der Waals surface area contributed by atoms with Crippen molar-refractivity contribution in [3.63, 3.8) is 0 Å². The Morgan fingerprint density at radius 1 is 0.926 bits per heavy atom. The third kappa shape index (κ3) is 10.3. The molecule has 4 nitrogen and oxygen atoms in total. The standard InChI is InChI=1S/C23H30O4/c1-2-3-4-5-6-7-8-9-10-11-12-14-19-15-13-16-20(17-19)18-21(22(24)25)23(26)27/h13,15-18H,2-11H2,1H3,(H,24,25)(H,26,27). The van der Waals surface area contributed by atoms with E-state index in [4.69, 9.17) is 10.2 Å². The van der Waals surface area contributed by atoms with Gasteiger partial charge in [-0.05, 0) is 30.2 Å². The van der Waals surface area contributed by atoms with Crippen molar-refractivity contribution in [2.24, 2.45) is 0 Å². The molecule has 0 atom stereocenters. The van der Waals surface area contributed by atoms with Gasteiger partial charge in [0.2, 0.25) is 0 Å². The summed E-state index contributed by atoms with van der Waals surface area (Å²) >= 11 is 0. The number of rotatable bonds is 12. The van der Waals surface area contributed by atoms with E-state index in [1.807, 2.05) is 6.07 Å². The average molecular weight is 370 g/mol. The van der Waals surface area contributed by atoms with E-state index in [-0.39, 0.29) is 0 Å². The largest absolute Gasteiger partial charge is 0.477 e. The van der Waals surface area contributed by atoms with Crippen LogP contribution in [0.1, 0.15) is 82.3 Å².